The number of alkyl halides is 3. The summed E-state index contributed by atoms with van der Waals surface area (Å²) >= 11 is 5.88. The maximum atomic E-state index is 12.7. The fraction of sp³-hybridized carbons (Fsp3) is 0.538. The molecule has 0 saturated carbocycles. The largest absolute Gasteiger partial charge is 0.394 e. The van der Waals surface area contributed by atoms with Crippen LogP contribution in [0.5, 0.6) is 0 Å². The van der Waals surface area contributed by atoms with Gasteiger partial charge in [-0.2, -0.15) is 13.2 Å². The zero-order valence-corrected chi connectivity index (χ0v) is 11.7. The van der Waals surface area contributed by atoms with Crippen molar-refractivity contribution in [2.45, 2.75) is 19.1 Å². The summed E-state index contributed by atoms with van der Waals surface area (Å²) < 4.78 is 38.0. The van der Waals surface area contributed by atoms with Gasteiger partial charge in [0.1, 0.15) is 0 Å². The fourth-order valence-electron chi connectivity index (χ4n) is 1.84. The first-order chi connectivity index (χ1) is 8.75. The van der Waals surface area contributed by atoms with Gasteiger partial charge in [-0.25, -0.2) is 0 Å². The lowest BCUT2D eigenvalue weighted by atomic mass is 10.0. The maximum absolute atomic E-state index is 12.7. The van der Waals surface area contributed by atoms with Gasteiger partial charge >= 0.3 is 6.18 Å². The normalized spacial score (nSPS) is 15.6. The molecule has 0 aliphatic carbocycles. The maximum Gasteiger partial charge on any atom is 0.394 e. The van der Waals surface area contributed by atoms with E-state index in [-0.39, 0.29) is 12.6 Å². The van der Waals surface area contributed by atoms with Crippen LogP contribution in [0.1, 0.15) is 18.5 Å². The summed E-state index contributed by atoms with van der Waals surface area (Å²) in [6.07, 6.45) is -4.27. The van der Waals surface area contributed by atoms with E-state index in [0.717, 1.165) is 5.56 Å². The van der Waals surface area contributed by atoms with Crippen molar-refractivity contribution >= 4 is 11.6 Å². The molecule has 6 heteroatoms. The highest BCUT2D eigenvalue weighted by Crippen LogP contribution is 2.29. The van der Waals surface area contributed by atoms with E-state index in [9.17, 15) is 13.2 Å². The first-order valence-corrected chi connectivity index (χ1v) is 6.36. The summed E-state index contributed by atoms with van der Waals surface area (Å²) in [7, 11) is 1.65. The predicted molar refractivity (Wildman–Crippen MR) is 71.1 cm³/mol. The van der Waals surface area contributed by atoms with Crippen LogP contribution < -0.4 is 5.73 Å². The smallest absolute Gasteiger partial charge is 0.330 e. The fourth-order valence-corrected chi connectivity index (χ4v) is 2.04. The van der Waals surface area contributed by atoms with Crippen LogP contribution in [0.25, 0.3) is 0 Å². The van der Waals surface area contributed by atoms with E-state index in [2.05, 4.69) is 0 Å². The molecular formula is C13H18ClF3N2. The average Bonchev–Trinajstić information content (AvgIpc) is 2.33. The van der Waals surface area contributed by atoms with E-state index < -0.39 is 18.6 Å². The SMILES string of the molecule is CC(c1cccc(Cl)c1)N(C)CC(CN)C(F)(F)F. The molecule has 2 N–H and O–H groups in total. The van der Waals surface area contributed by atoms with E-state index in [4.69, 9.17) is 17.3 Å². The van der Waals surface area contributed by atoms with Gasteiger partial charge in [-0.3, -0.25) is 4.90 Å². The minimum atomic E-state index is -4.27. The molecule has 0 aliphatic rings. The quantitative estimate of drug-likeness (QED) is 0.901. The number of benzene rings is 1. The Kier molecular flexibility index (Phi) is 5.64. The van der Waals surface area contributed by atoms with Crippen LogP contribution in [0.4, 0.5) is 13.2 Å². The van der Waals surface area contributed by atoms with Gasteiger partial charge in [-0.1, -0.05) is 23.7 Å². The van der Waals surface area contributed by atoms with Crippen molar-refractivity contribution in [1.29, 1.82) is 0 Å². The van der Waals surface area contributed by atoms with Gasteiger partial charge in [-0.05, 0) is 31.7 Å². The molecular weight excluding hydrogens is 277 g/mol. The van der Waals surface area contributed by atoms with Crippen LogP contribution in [0.15, 0.2) is 24.3 Å². The van der Waals surface area contributed by atoms with Crippen molar-refractivity contribution < 1.29 is 13.2 Å². The van der Waals surface area contributed by atoms with E-state index in [1.54, 1.807) is 30.1 Å². The molecule has 2 unspecified atom stereocenters. The summed E-state index contributed by atoms with van der Waals surface area (Å²) in [5, 5.41) is 0.573. The van der Waals surface area contributed by atoms with Crippen LogP contribution >= 0.6 is 11.6 Å². The number of rotatable bonds is 5. The third kappa shape index (κ3) is 4.67. The highest BCUT2D eigenvalue weighted by Gasteiger charge is 2.39. The van der Waals surface area contributed by atoms with Crippen LogP contribution in [-0.4, -0.2) is 31.2 Å². The monoisotopic (exact) mass is 294 g/mol. The topological polar surface area (TPSA) is 29.3 Å². The number of hydrogen-bond acceptors (Lipinski definition) is 2. The Morgan fingerprint density at radius 1 is 1.37 bits per heavy atom. The molecule has 1 aromatic carbocycles. The Bertz CT molecular complexity index is 409. The first kappa shape index (κ1) is 16.3. The van der Waals surface area contributed by atoms with Crippen molar-refractivity contribution in [2.24, 2.45) is 11.7 Å². The zero-order valence-electron chi connectivity index (χ0n) is 10.9. The molecule has 2 nitrogen and oxygen atoms in total. The zero-order chi connectivity index (χ0) is 14.6. The van der Waals surface area contributed by atoms with Crippen LogP contribution in [-0.2, 0) is 0 Å². The predicted octanol–water partition coefficient (Wildman–Crippen LogP) is 3.47. The van der Waals surface area contributed by atoms with Crippen LogP contribution in [0.2, 0.25) is 5.02 Å². The Hall–Kier alpha value is -0.780. The second kappa shape index (κ2) is 6.59. The molecule has 0 aliphatic heterocycles. The minimum Gasteiger partial charge on any atom is -0.330 e. The van der Waals surface area contributed by atoms with Gasteiger partial charge in [0.15, 0.2) is 0 Å². The van der Waals surface area contributed by atoms with Gasteiger partial charge in [0.25, 0.3) is 0 Å². The van der Waals surface area contributed by atoms with Gasteiger partial charge < -0.3 is 5.73 Å². The van der Waals surface area contributed by atoms with Crippen molar-refractivity contribution in [3.63, 3.8) is 0 Å². The number of halogens is 4. The van der Waals surface area contributed by atoms with Crippen LogP contribution in [0, 0.1) is 5.92 Å². The van der Waals surface area contributed by atoms with Crippen molar-refractivity contribution in [3.8, 4) is 0 Å². The first-order valence-electron chi connectivity index (χ1n) is 5.98. The highest BCUT2D eigenvalue weighted by molar-refractivity contribution is 6.30. The molecule has 0 bridgehead atoms. The second-order valence-corrected chi connectivity index (χ2v) is 5.08. The Morgan fingerprint density at radius 3 is 2.47 bits per heavy atom. The van der Waals surface area contributed by atoms with E-state index in [1.807, 2.05) is 13.0 Å². The molecule has 0 amide bonds. The summed E-state index contributed by atoms with van der Waals surface area (Å²) in [6.45, 7) is 1.30. The lowest BCUT2D eigenvalue weighted by Gasteiger charge is -2.30. The van der Waals surface area contributed by atoms with Gasteiger partial charge in [0.2, 0.25) is 0 Å². The summed E-state index contributed by atoms with van der Waals surface area (Å²) in [5.74, 6) is -1.51. The molecule has 1 aromatic rings. The van der Waals surface area contributed by atoms with Crippen molar-refractivity contribution in [2.75, 3.05) is 20.1 Å². The third-order valence-corrected chi connectivity index (χ3v) is 3.48. The molecule has 0 radical (unpaired) electrons. The third-order valence-electron chi connectivity index (χ3n) is 3.25. The number of nitrogens with two attached hydrogens (primary N) is 1. The molecule has 0 saturated heterocycles. The van der Waals surface area contributed by atoms with Crippen LogP contribution in [0.3, 0.4) is 0 Å². The van der Waals surface area contributed by atoms with E-state index in [1.165, 1.54) is 0 Å². The highest BCUT2D eigenvalue weighted by atomic mass is 35.5. The number of hydrogen-bond donors (Lipinski definition) is 1. The molecule has 0 aromatic heterocycles. The molecule has 0 fully saturated rings. The summed E-state index contributed by atoms with van der Waals surface area (Å²) in [5.41, 5.74) is 6.08. The number of nitrogens with zero attached hydrogens (tertiary/aromatic N) is 1. The molecule has 0 spiro atoms. The van der Waals surface area contributed by atoms with Gasteiger partial charge in [-0.15, -0.1) is 0 Å². The van der Waals surface area contributed by atoms with Crippen molar-refractivity contribution in [3.05, 3.63) is 34.9 Å². The van der Waals surface area contributed by atoms with Gasteiger partial charge in [0.05, 0.1) is 5.92 Å². The Balaban J connectivity index is 2.74. The summed E-state index contributed by atoms with van der Waals surface area (Å²) in [4.78, 5) is 1.64. The Labute approximate surface area is 116 Å². The molecule has 2 atom stereocenters. The van der Waals surface area contributed by atoms with E-state index >= 15 is 0 Å². The summed E-state index contributed by atoms with van der Waals surface area (Å²) in [6, 6.07) is 6.96. The lowest BCUT2D eigenvalue weighted by molar-refractivity contribution is -0.176. The second-order valence-electron chi connectivity index (χ2n) is 4.64. The molecule has 1 rings (SSSR count). The van der Waals surface area contributed by atoms with E-state index in [0.29, 0.717) is 5.02 Å². The molecule has 19 heavy (non-hydrogen) atoms. The molecule has 0 heterocycles. The molecule has 108 valence electrons. The minimum absolute atomic E-state index is 0.131. The lowest BCUT2D eigenvalue weighted by Crippen LogP contribution is -2.40. The Morgan fingerprint density at radius 2 is 2.00 bits per heavy atom. The van der Waals surface area contributed by atoms with Gasteiger partial charge in [0, 0.05) is 24.2 Å². The van der Waals surface area contributed by atoms with Crippen molar-refractivity contribution in [1.82, 2.24) is 4.90 Å². The average molecular weight is 295 g/mol. The standard InChI is InChI=1S/C13H18ClF3N2/c1-9(10-4-3-5-12(14)6-10)19(2)8-11(7-18)13(15,16)17/h3-6,9,11H,7-8,18H2,1-2H3.